The van der Waals surface area contributed by atoms with Gasteiger partial charge in [0.05, 0.1) is 34.9 Å². The molecule has 3 unspecified atom stereocenters. The van der Waals surface area contributed by atoms with Gasteiger partial charge in [-0.05, 0) is 75.6 Å². The number of halogens is 2. The molecule has 2 fully saturated rings. The van der Waals surface area contributed by atoms with E-state index in [1.807, 2.05) is 18.1 Å². The van der Waals surface area contributed by atoms with Crippen LogP contribution in [-0.2, 0) is 11.8 Å². The average molecular weight is 548 g/mol. The molecule has 0 spiro atoms. The van der Waals surface area contributed by atoms with Crippen molar-refractivity contribution in [3.63, 3.8) is 0 Å². The van der Waals surface area contributed by atoms with E-state index in [0.717, 1.165) is 24.2 Å². The lowest BCUT2D eigenvalue weighted by Crippen LogP contribution is -2.42. The summed E-state index contributed by atoms with van der Waals surface area (Å²) < 4.78 is 21.0. The van der Waals surface area contributed by atoms with Crippen molar-refractivity contribution in [3.8, 4) is 0 Å². The standard InChI is InChI=1S/C27H35ClFN5O4/c1-26(2,36)13-38-22-10-21(34(4)32-22)27(37)11-16-7-15(8-17(16)12-27)23-24(33(3)14-30-23)25(35)31-18-5-6-20(29)19(28)9-18/h5-6,9-10,14-17,22,32,36-37H,7-8,11-13H2,1-4H3,(H,31,35). The number of amides is 1. The van der Waals surface area contributed by atoms with Gasteiger partial charge in [-0.2, -0.15) is 0 Å². The number of rotatable bonds is 7. The molecule has 1 amide bonds. The minimum absolute atomic E-state index is 0.0579. The lowest BCUT2D eigenvalue weighted by molar-refractivity contribution is -0.0574. The Bertz CT molecular complexity index is 1240. The average Bonchev–Trinajstić information content (AvgIpc) is 3.56. The molecule has 5 rings (SSSR count). The van der Waals surface area contributed by atoms with Crippen molar-refractivity contribution in [2.45, 2.75) is 62.9 Å². The first-order valence-electron chi connectivity index (χ1n) is 12.9. The van der Waals surface area contributed by atoms with E-state index in [0.29, 0.717) is 36.1 Å². The van der Waals surface area contributed by atoms with E-state index < -0.39 is 23.2 Å². The number of aromatic nitrogens is 2. The lowest BCUT2D eigenvalue weighted by atomic mass is 9.90. The molecule has 0 saturated heterocycles. The molecule has 2 aromatic rings. The van der Waals surface area contributed by atoms with Gasteiger partial charge in [0.25, 0.3) is 5.91 Å². The van der Waals surface area contributed by atoms with Crippen molar-refractivity contribution >= 4 is 23.2 Å². The molecule has 11 heteroatoms. The highest BCUT2D eigenvalue weighted by molar-refractivity contribution is 6.31. The summed E-state index contributed by atoms with van der Waals surface area (Å²) in [5.74, 6) is -0.175. The van der Waals surface area contributed by atoms with Crippen LogP contribution in [0.2, 0.25) is 5.02 Å². The number of aryl methyl sites for hydroxylation is 1. The Kier molecular flexibility index (Phi) is 7.06. The molecule has 0 bridgehead atoms. The first kappa shape index (κ1) is 27.1. The number of hydrogen-bond acceptors (Lipinski definition) is 7. The number of carbonyl (C=O) groups excluding carboxylic acids is 1. The van der Waals surface area contributed by atoms with Crippen molar-refractivity contribution in [1.82, 2.24) is 20.0 Å². The second-order valence-corrected chi connectivity index (χ2v) is 12.0. The number of benzene rings is 1. The summed E-state index contributed by atoms with van der Waals surface area (Å²) in [6, 6.07) is 4.07. The zero-order valence-electron chi connectivity index (χ0n) is 22.0. The number of fused-ring (bicyclic) bond motifs is 1. The number of carbonyl (C=O) groups is 1. The van der Waals surface area contributed by atoms with Crippen LogP contribution in [0, 0.1) is 17.7 Å². The normalized spacial score (nSPS) is 29.1. The summed E-state index contributed by atoms with van der Waals surface area (Å²) in [6.07, 6.45) is 6.02. The molecule has 2 saturated carbocycles. The highest BCUT2D eigenvalue weighted by atomic mass is 35.5. The first-order chi connectivity index (χ1) is 17.8. The Morgan fingerprint density at radius 2 is 2.00 bits per heavy atom. The van der Waals surface area contributed by atoms with Gasteiger partial charge in [0, 0.05) is 25.7 Å². The molecule has 3 aliphatic rings. The summed E-state index contributed by atoms with van der Waals surface area (Å²) in [7, 11) is 3.64. The fraction of sp³-hybridized carbons (Fsp3) is 0.556. The number of nitrogens with zero attached hydrogens (tertiary/aromatic N) is 3. The number of ether oxygens (including phenoxy) is 1. The first-order valence-corrected chi connectivity index (χ1v) is 13.3. The van der Waals surface area contributed by atoms with Crippen molar-refractivity contribution in [3.05, 3.63) is 58.5 Å². The molecule has 206 valence electrons. The third-order valence-corrected chi connectivity index (χ3v) is 8.16. The summed E-state index contributed by atoms with van der Waals surface area (Å²) in [5, 5.41) is 26.2. The number of nitrogens with one attached hydrogen (secondary N) is 2. The second-order valence-electron chi connectivity index (χ2n) is 11.6. The van der Waals surface area contributed by atoms with Gasteiger partial charge in [-0.3, -0.25) is 4.79 Å². The van der Waals surface area contributed by atoms with Crippen LogP contribution in [0.3, 0.4) is 0 Å². The van der Waals surface area contributed by atoms with Crippen LogP contribution in [0.25, 0.3) is 0 Å². The zero-order valence-corrected chi connectivity index (χ0v) is 22.8. The number of hydrazine groups is 1. The van der Waals surface area contributed by atoms with Crippen LogP contribution in [0.5, 0.6) is 0 Å². The predicted molar refractivity (Wildman–Crippen MR) is 141 cm³/mol. The minimum Gasteiger partial charge on any atom is -0.388 e. The molecule has 4 N–H and O–H groups in total. The Hall–Kier alpha value is -2.50. The van der Waals surface area contributed by atoms with Gasteiger partial charge in [0.15, 0.2) is 0 Å². The van der Waals surface area contributed by atoms with Gasteiger partial charge in [-0.25, -0.2) is 14.8 Å². The molecular formula is C27H35ClFN5O4. The van der Waals surface area contributed by atoms with Crippen molar-refractivity contribution in [2.75, 3.05) is 19.0 Å². The van der Waals surface area contributed by atoms with Crippen LogP contribution in [0.15, 0.2) is 36.3 Å². The quantitative estimate of drug-likeness (QED) is 0.419. The fourth-order valence-corrected chi connectivity index (χ4v) is 6.46. The summed E-state index contributed by atoms with van der Waals surface area (Å²) in [6.45, 7) is 3.54. The van der Waals surface area contributed by atoms with Crippen LogP contribution in [-0.4, -0.2) is 61.8 Å². The highest BCUT2D eigenvalue weighted by Gasteiger charge is 2.53. The van der Waals surface area contributed by atoms with E-state index in [9.17, 15) is 19.4 Å². The van der Waals surface area contributed by atoms with Crippen LogP contribution >= 0.6 is 11.6 Å². The predicted octanol–water partition coefficient (Wildman–Crippen LogP) is 3.55. The third kappa shape index (κ3) is 5.33. The molecule has 1 aromatic heterocycles. The molecule has 1 aliphatic heterocycles. The topological polar surface area (TPSA) is 112 Å². The molecular weight excluding hydrogens is 513 g/mol. The summed E-state index contributed by atoms with van der Waals surface area (Å²) in [5.41, 5.74) is 3.69. The smallest absolute Gasteiger partial charge is 0.274 e. The molecule has 2 aliphatic carbocycles. The van der Waals surface area contributed by atoms with E-state index in [-0.39, 0.29) is 23.5 Å². The summed E-state index contributed by atoms with van der Waals surface area (Å²) in [4.78, 5) is 17.8. The van der Waals surface area contributed by atoms with Gasteiger partial charge in [-0.15, -0.1) is 0 Å². The van der Waals surface area contributed by atoms with Crippen LogP contribution in [0.1, 0.15) is 61.6 Å². The monoisotopic (exact) mass is 547 g/mol. The minimum atomic E-state index is -0.971. The van der Waals surface area contributed by atoms with Gasteiger partial charge in [0.1, 0.15) is 23.3 Å². The van der Waals surface area contributed by atoms with Gasteiger partial charge in [0.2, 0.25) is 0 Å². The molecule has 2 heterocycles. The summed E-state index contributed by atoms with van der Waals surface area (Å²) >= 11 is 5.87. The third-order valence-electron chi connectivity index (χ3n) is 7.87. The Morgan fingerprint density at radius 3 is 2.63 bits per heavy atom. The molecule has 0 radical (unpaired) electrons. The largest absolute Gasteiger partial charge is 0.388 e. The van der Waals surface area contributed by atoms with Crippen molar-refractivity contribution in [2.24, 2.45) is 18.9 Å². The molecule has 3 atom stereocenters. The lowest BCUT2D eigenvalue weighted by Gasteiger charge is -2.31. The maximum absolute atomic E-state index is 13.5. The van der Waals surface area contributed by atoms with Crippen molar-refractivity contribution < 1.29 is 24.1 Å². The van der Waals surface area contributed by atoms with Crippen molar-refractivity contribution in [1.29, 1.82) is 0 Å². The number of imidazole rings is 1. The maximum atomic E-state index is 13.5. The van der Waals surface area contributed by atoms with E-state index in [4.69, 9.17) is 16.3 Å². The zero-order chi connectivity index (χ0) is 27.4. The van der Waals surface area contributed by atoms with E-state index >= 15 is 0 Å². The number of anilines is 1. The van der Waals surface area contributed by atoms with Crippen LogP contribution in [0.4, 0.5) is 10.1 Å². The van der Waals surface area contributed by atoms with Gasteiger partial charge < -0.3 is 29.8 Å². The molecule has 38 heavy (non-hydrogen) atoms. The Labute approximate surface area is 226 Å². The van der Waals surface area contributed by atoms with E-state index in [2.05, 4.69) is 15.7 Å². The highest BCUT2D eigenvalue weighted by Crippen LogP contribution is 2.56. The van der Waals surface area contributed by atoms with E-state index in [1.54, 1.807) is 31.8 Å². The molecule has 1 aromatic carbocycles. The maximum Gasteiger partial charge on any atom is 0.274 e. The van der Waals surface area contributed by atoms with Crippen LogP contribution < -0.4 is 10.7 Å². The number of aliphatic hydroxyl groups is 2. The second kappa shape index (κ2) is 9.91. The Balaban J connectivity index is 1.26. The SMILES string of the molecule is CN1NC(OCC(C)(C)O)C=C1C1(O)CC2CC(c3ncn(C)c3C(=O)Nc3ccc(F)c(Cl)c3)CC2C1. The number of hydrogen-bond donors (Lipinski definition) is 4. The van der Waals surface area contributed by atoms with Gasteiger partial charge in [-0.1, -0.05) is 11.6 Å². The fourth-order valence-electron chi connectivity index (χ4n) is 6.28. The Morgan fingerprint density at radius 1 is 1.32 bits per heavy atom. The molecule has 9 nitrogen and oxygen atoms in total. The number of likely N-dealkylation sites (N-methyl/N-ethyl adjacent to an activating group) is 1. The van der Waals surface area contributed by atoms with E-state index in [1.165, 1.54) is 18.2 Å². The van der Waals surface area contributed by atoms with Gasteiger partial charge >= 0.3 is 0 Å².